The number of hydrogen-bond acceptors (Lipinski definition) is 0. The standard InChI is InChI=1S/C9H7.2O.Zr/c1-2-5-9-7-3-6-8(9)4-1;;;/h1-7H;;;/q-1;2*-2;+4. The summed E-state index contributed by atoms with van der Waals surface area (Å²) in [7, 11) is 0. The van der Waals surface area contributed by atoms with Crippen LogP contribution in [0.4, 0.5) is 0 Å². The molecule has 0 saturated carbocycles. The molecule has 0 aliphatic carbocycles. The average Bonchev–Trinajstić information content (AvgIpc) is 2.33. The van der Waals surface area contributed by atoms with Crippen LogP contribution >= 0.6 is 0 Å². The van der Waals surface area contributed by atoms with Crippen molar-refractivity contribution >= 4 is 10.8 Å². The minimum Gasteiger partial charge on any atom is -2.00 e. The van der Waals surface area contributed by atoms with Crippen LogP contribution in [-0.4, -0.2) is 0 Å². The third-order valence-corrected chi connectivity index (χ3v) is 1.55. The van der Waals surface area contributed by atoms with Crippen LogP contribution in [0.3, 0.4) is 0 Å². The number of rotatable bonds is 0. The second-order valence-corrected chi connectivity index (χ2v) is 2.15. The summed E-state index contributed by atoms with van der Waals surface area (Å²) in [5, 5.41) is 2.66. The molecule has 2 aromatic carbocycles. The molecule has 0 aliphatic rings. The molecule has 60 valence electrons. The van der Waals surface area contributed by atoms with E-state index in [9.17, 15) is 0 Å². The normalized spacial score (nSPS) is 7.67. The number of fused-ring (bicyclic) bond motifs is 1. The van der Waals surface area contributed by atoms with Gasteiger partial charge in [0, 0.05) is 0 Å². The second-order valence-electron chi connectivity index (χ2n) is 2.15. The maximum atomic E-state index is 2.12. The van der Waals surface area contributed by atoms with Gasteiger partial charge in [-0.3, -0.25) is 0 Å². The number of hydrogen-bond donors (Lipinski definition) is 0. The molecule has 0 heterocycles. The van der Waals surface area contributed by atoms with E-state index in [1.165, 1.54) is 10.8 Å². The van der Waals surface area contributed by atoms with Gasteiger partial charge in [0.25, 0.3) is 0 Å². The zero-order valence-corrected chi connectivity index (χ0v) is 8.82. The van der Waals surface area contributed by atoms with Crippen LogP contribution in [0.5, 0.6) is 0 Å². The van der Waals surface area contributed by atoms with E-state index >= 15 is 0 Å². The molecule has 2 rings (SSSR count). The van der Waals surface area contributed by atoms with Gasteiger partial charge in [-0.1, -0.05) is 6.07 Å². The Labute approximate surface area is 90.3 Å². The molecule has 0 aromatic heterocycles. The fourth-order valence-corrected chi connectivity index (χ4v) is 1.07. The van der Waals surface area contributed by atoms with Gasteiger partial charge in [-0.2, -0.15) is 17.5 Å². The van der Waals surface area contributed by atoms with Gasteiger partial charge in [-0.05, 0) is 0 Å². The summed E-state index contributed by atoms with van der Waals surface area (Å²) in [6.07, 6.45) is 0. The van der Waals surface area contributed by atoms with Crippen LogP contribution in [0.2, 0.25) is 0 Å². The Morgan fingerprint density at radius 2 is 1.58 bits per heavy atom. The Hall–Kier alpha value is -0.367. The van der Waals surface area contributed by atoms with Crippen molar-refractivity contribution in [3.8, 4) is 0 Å². The maximum Gasteiger partial charge on any atom is 4.00 e. The fraction of sp³-hybridized carbons (Fsp3) is 0. The zero-order chi connectivity index (χ0) is 6.10. The van der Waals surface area contributed by atoms with Crippen molar-refractivity contribution in [3.05, 3.63) is 42.5 Å². The molecule has 0 bridgehead atoms. The molecule has 2 aromatic rings. The van der Waals surface area contributed by atoms with Crippen LogP contribution in [0.1, 0.15) is 0 Å². The largest absolute Gasteiger partial charge is 4.00 e. The van der Waals surface area contributed by atoms with Gasteiger partial charge in [-0.25, -0.2) is 0 Å². The van der Waals surface area contributed by atoms with Gasteiger partial charge in [0.05, 0.1) is 0 Å². The van der Waals surface area contributed by atoms with Gasteiger partial charge in [-0.15, -0.1) is 29.7 Å². The molecule has 0 radical (unpaired) electrons. The first-order chi connectivity index (χ1) is 4.47. The Bertz CT molecular complexity index is 287. The van der Waals surface area contributed by atoms with E-state index in [-0.39, 0.29) is 37.2 Å². The SMILES string of the molecule is [O-2].[O-2].[Zr+4].c1ccc2[cH-]ccc2c1. The summed E-state index contributed by atoms with van der Waals surface area (Å²) in [5.41, 5.74) is 0. The molecule has 0 amide bonds. The van der Waals surface area contributed by atoms with Crippen molar-refractivity contribution in [1.82, 2.24) is 0 Å². The molecule has 2 nitrogen and oxygen atoms in total. The predicted octanol–water partition coefficient (Wildman–Crippen LogP) is 2.32. The first-order valence-corrected chi connectivity index (χ1v) is 3.07. The minimum absolute atomic E-state index is 0. The van der Waals surface area contributed by atoms with Gasteiger partial charge < -0.3 is 11.0 Å². The van der Waals surface area contributed by atoms with E-state index in [0.29, 0.717) is 0 Å². The van der Waals surface area contributed by atoms with Gasteiger partial charge in [0.15, 0.2) is 0 Å². The molecule has 0 fully saturated rings. The minimum atomic E-state index is 0. The van der Waals surface area contributed by atoms with E-state index in [2.05, 4.69) is 42.5 Å². The summed E-state index contributed by atoms with van der Waals surface area (Å²) in [4.78, 5) is 0. The molecule has 12 heavy (non-hydrogen) atoms. The quantitative estimate of drug-likeness (QED) is 0.633. The third-order valence-electron chi connectivity index (χ3n) is 1.55. The van der Waals surface area contributed by atoms with Crippen molar-refractivity contribution in [2.75, 3.05) is 0 Å². The van der Waals surface area contributed by atoms with Crippen LogP contribution in [0.25, 0.3) is 10.8 Å². The van der Waals surface area contributed by atoms with Crippen molar-refractivity contribution in [3.63, 3.8) is 0 Å². The van der Waals surface area contributed by atoms with Crippen LogP contribution in [0.15, 0.2) is 42.5 Å². The molecule has 0 aliphatic heterocycles. The Balaban J connectivity index is 0. The first kappa shape index (κ1) is 14.2. The van der Waals surface area contributed by atoms with E-state index in [4.69, 9.17) is 0 Å². The summed E-state index contributed by atoms with van der Waals surface area (Å²) in [6, 6.07) is 14.7. The van der Waals surface area contributed by atoms with E-state index in [0.717, 1.165) is 0 Å². The molecule has 0 unspecified atom stereocenters. The Morgan fingerprint density at radius 1 is 0.917 bits per heavy atom. The third kappa shape index (κ3) is 2.60. The van der Waals surface area contributed by atoms with Gasteiger partial charge >= 0.3 is 26.2 Å². The van der Waals surface area contributed by atoms with E-state index < -0.39 is 0 Å². The summed E-state index contributed by atoms with van der Waals surface area (Å²) >= 11 is 0. The van der Waals surface area contributed by atoms with Crippen LogP contribution in [-0.2, 0) is 37.2 Å². The van der Waals surface area contributed by atoms with Crippen molar-refractivity contribution in [1.29, 1.82) is 0 Å². The second kappa shape index (κ2) is 6.18. The Morgan fingerprint density at radius 3 is 2.25 bits per heavy atom. The van der Waals surface area contributed by atoms with E-state index in [1.54, 1.807) is 0 Å². The van der Waals surface area contributed by atoms with Crippen LogP contribution < -0.4 is 0 Å². The van der Waals surface area contributed by atoms with Gasteiger partial charge in [0.1, 0.15) is 0 Å². The first-order valence-electron chi connectivity index (χ1n) is 3.07. The van der Waals surface area contributed by atoms with E-state index in [1.807, 2.05) is 0 Å². The summed E-state index contributed by atoms with van der Waals surface area (Å²) < 4.78 is 0. The van der Waals surface area contributed by atoms with Crippen molar-refractivity contribution in [2.24, 2.45) is 0 Å². The topological polar surface area (TPSA) is 57.0 Å². The summed E-state index contributed by atoms with van der Waals surface area (Å²) in [6.45, 7) is 0. The Kier molecular flexibility index (Phi) is 7.30. The average molecular weight is 238 g/mol. The fourth-order valence-electron chi connectivity index (χ4n) is 1.07. The van der Waals surface area contributed by atoms with Crippen molar-refractivity contribution < 1.29 is 37.2 Å². The van der Waals surface area contributed by atoms with Gasteiger partial charge in [0.2, 0.25) is 0 Å². The van der Waals surface area contributed by atoms with Crippen molar-refractivity contribution in [2.45, 2.75) is 0 Å². The predicted molar refractivity (Wildman–Crippen MR) is 40.9 cm³/mol. The smallest absolute Gasteiger partial charge is 2.00 e. The molecule has 0 saturated heterocycles. The monoisotopic (exact) mass is 237 g/mol. The molecule has 0 spiro atoms. The molecule has 0 atom stereocenters. The zero-order valence-electron chi connectivity index (χ0n) is 6.36. The molecule has 0 N–H and O–H groups in total. The summed E-state index contributed by atoms with van der Waals surface area (Å²) in [5.74, 6) is 0. The molecular weight excluding hydrogens is 231 g/mol. The van der Waals surface area contributed by atoms with Crippen LogP contribution in [0, 0.1) is 0 Å². The maximum absolute atomic E-state index is 2.12. The number of benzene rings is 1. The molecule has 3 heteroatoms. The molecular formula is C9H7O2Zr-.